The SMILES string of the molecule is CCOC(=O)c1cc(Cl)c(OC)c(C#N)c1. The number of carbonyl (C=O) groups is 1. The van der Waals surface area contributed by atoms with Gasteiger partial charge in [-0.05, 0) is 19.1 Å². The molecule has 0 aromatic heterocycles. The number of rotatable bonds is 3. The van der Waals surface area contributed by atoms with Gasteiger partial charge in [-0.2, -0.15) is 5.26 Å². The molecule has 0 amide bonds. The van der Waals surface area contributed by atoms with Crippen molar-refractivity contribution in [1.29, 1.82) is 5.26 Å². The summed E-state index contributed by atoms with van der Waals surface area (Å²) >= 11 is 5.87. The molecule has 5 heteroatoms. The number of halogens is 1. The number of carbonyl (C=O) groups excluding carboxylic acids is 1. The molecule has 0 saturated carbocycles. The predicted molar refractivity (Wildman–Crippen MR) is 58.7 cm³/mol. The Kier molecular flexibility index (Phi) is 4.15. The third-order valence-corrected chi connectivity index (χ3v) is 2.16. The standard InChI is InChI=1S/C11H10ClNO3/c1-3-16-11(14)7-4-8(6-13)10(15-2)9(12)5-7/h4-5H,3H2,1-2H3. The molecule has 1 rings (SSSR count). The average Bonchev–Trinajstić information content (AvgIpc) is 2.28. The molecule has 0 unspecified atom stereocenters. The van der Waals surface area contributed by atoms with Gasteiger partial charge in [0.25, 0.3) is 0 Å². The number of ether oxygens (including phenoxy) is 2. The van der Waals surface area contributed by atoms with Gasteiger partial charge in [0.05, 0.1) is 29.9 Å². The Morgan fingerprint density at radius 2 is 2.25 bits per heavy atom. The zero-order valence-electron chi connectivity index (χ0n) is 8.91. The highest BCUT2D eigenvalue weighted by Crippen LogP contribution is 2.29. The van der Waals surface area contributed by atoms with Gasteiger partial charge in [0.15, 0.2) is 5.75 Å². The number of methoxy groups -OCH3 is 1. The first-order chi connectivity index (χ1) is 7.63. The maximum Gasteiger partial charge on any atom is 0.338 e. The predicted octanol–water partition coefficient (Wildman–Crippen LogP) is 2.40. The number of hydrogen-bond acceptors (Lipinski definition) is 4. The summed E-state index contributed by atoms with van der Waals surface area (Å²) in [5, 5.41) is 9.08. The van der Waals surface area contributed by atoms with Crippen molar-refractivity contribution >= 4 is 17.6 Å². The maximum absolute atomic E-state index is 11.4. The molecule has 0 N–H and O–H groups in total. The highest BCUT2D eigenvalue weighted by molar-refractivity contribution is 6.32. The average molecular weight is 240 g/mol. The second kappa shape index (κ2) is 5.38. The Hall–Kier alpha value is -1.73. The summed E-state index contributed by atoms with van der Waals surface area (Å²) in [7, 11) is 1.41. The molecule has 16 heavy (non-hydrogen) atoms. The molecular weight excluding hydrogens is 230 g/mol. The van der Waals surface area contributed by atoms with E-state index in [1.807, 2.05) is 6.07 Å². The third-order valence-electron chi connectivity index (χ3n) is 1.88. The van der Waals surface area contributed by atoms with E-state index in [2.05, 4.69) is 0 Å². The smallest absolute Gasteiger partial charge is 0.338 e. The zero-order valence-corrected chi connectivity index (χ0v) is 9.67. The van der Waals surface area contributed by atoms with E-state index >= 15 is 0 Å². The van der Waals surface area contributed by atoms with Crippen LogP contribution in [0.15, 0.2) is 12.1 Å². The molecule has 0 saturated heterocycles. The molecule has 4 nitrogen and oxygen atoms in total. The maximum atomic E-state index is 11.4. The molecule has 84 valence electrons. The van der Waals surface area contributed by atoms with Crippen LogP contribution in [0, 0.1) is 11.3 Å². The fourth-order valence-corrected chi connectivity index (χ4v) is 1.51. The highest BCUT2D eigenvalue weighted by atomic mass is 35.5. The Morgan fingerprint density at radius 3 is 2.75 bits per heavy atom. The van der Waals surface area contributed by atoms with Crippen molar-refractivity contribution in [3.05, 3.63) is 28.3 Å². The first kappa shape index (κ1) is 12.3. The molecule has 0 aliphatic carbocycles. The van der Waals surface area contributed by atoms with Crippen molar-refractivity contribution in [2.45, 2.75) is 6.92 Å². The van der Waals surface area contributed by atoms with Crippen molar-refractivity contribution in [3.8, 4) is 11.8 Å². The molecular formula is C11H10ClNO3. The molecule has 0 radical (unpaired) electrons. The van der Waals surface area contributed by atoms with E-state index in [9.17, 15) is 4.79 Å². The second-order valence-electron chi connectivity index (χ2n) is 2.87. The van der Waals surface area contributed by atoms with Crippen LogP contribution < -0.4 is 4.74 Å². The van der Waals surface area contributed by atoms with Crippen LogP contribution >= 0.6 is 11.6 Å². The van der Waals surface area contributed by atoms with Crippen LogP contribution in [0.3, 0.4) is 0 Å². The lowest BCUT2D eigenvalue weighted by Gasteiger charge is -2.07. The molecule has 0 fully saturated rings. The Balaban J connectivity index is 3.21. The highest BCUT2D eigenvalue weighted by Gasteiger charge is 2.14. The van der Waals surface area contributed by atoms with E-state index in [0.29, 0.717) is 0 Å². The lowest BCUT2D eigenvalue weighted by molar-refractivity contribution is 0.0526. The molecule has 1 aromatic carbocycles. The van der Waals surface area contributed by atoms with Gasteiger partial charge in [-0.3, -0.25) is 0 Å². The quantitative estimate of drug-likeness (QED) is 0.760. The van der Waals surface area contributed by atoms with Crippen molar-refractivity contribution in [2.24, 2.45) is 0 Å². The number of benzene rings is 1. The normalized spacial score (nSPS) is 9.38. The van der Waals surface area contributed by atoms with Gasteiger partial charge in [-0.1, -0.05) is 11.6 Å². The van der Waals surface area contributed by atoms with Gasteiger partial charge in [0.1, 0.15) is 6.07 Å². The lowest BCUT2D eigenvalue weighted by Crippen LogP contribution is -2.05. The van der Waals surface area contributed by atoms with Crippen LogP contribution in [-0.4, -0.2) is 19.7 Å². The monoisotopic (exact) mass is 239 g/mol. The van der Waals surface area contributed by atoms with Gasteiger partial charge in [0.2, 0.25) is 0 Å². The number of nitriles is 1. The van der Waals surface area contributed by atoms with Crippen LogP contribution in [0.1, 0.15) is 22.8 Å². The minimum Gasteiger partial charge on any atom is -0.494 e. The van der Waals surface area contributed by atoms with E-state index in [-0.39, 0.29) is 28.5 Å². The number of esters is 1. The van der Waals surface area contributed by atoms with Crippen LogP contribution in [0.4, 0.5) is 0 Å². The lowest BCUT2D eigenvalue weighted by atomic mass is 10.1. The van der Waals surface area contributed by atoms with E-state index < -0.39 is 5.97 Å². The second-order valence-corrected chi connectivity index (χ2v) is 3.28. The van der Waals surface area contributed by atoms with Crippen LogP contribution in [0.2, 0.25) is 5.02 Å². The molecule has 1 aromatic rings. The molecule has 0 bridgehead atoms. The van der Waals surface area contributed by atoms with E-state index in [1.165, 1.54) is 19.2 Å². The molecule has 0 aliphatic heterocycles. The Morgan fingerprint density at radius 1 is 1.56 bits per heavy atom. The van der Waals surface area contributed by atoms with Gasteiger partial charge in [-0.25, -0.2) is 4.79 Å². The van der Waals surface area contributed by atoms with Crippen LogP contribution in [0.5, 0.6) is 5.75 Å². The van der Waals surface area contributed by atoms with Crippen molar-refractivity contribution in [2.75, 3.05) is 13.7 Å². The van der Waals surface area contributed by atoms with Gasteiger partial charge < -0.3 is 9.47 Å². The van der Waals surface area contributed by atoms with Crippen LogP contribution in [0.25, 0.3) is 0 Å². The zero-order chi connectivity index (χ0) is 12.1. The van der Waals surface area contributed by atoms with Gasteiger partial charge in [0, 0.05) is 0 Å². The fraction of sp³-hybridized carbons (Fsp3) is 0.273. The van der Waals surface area contributed by atoms with Crippen molar-refractivity contribution < 1.29 is 14.3 Å². The third kappa shape index (κ3) is 2.44. The van der Waals surface area contributed by atoms with Crippen LogP contribution in [-0.2, 0) is 4.74 Å². The summed E-state index contributed by atoms with van der Waals surface area (Å²) in [6.45, 7) is 1.97. The summed E-state index contributed by atoms with van der Waals surface area (Å²) in [5.41, 5.74) is 0.447. The number of nitrogens with zero attached hydrogens (tertiary/aromatic N) is 1. The fourth-order valence-electron chi connectivity index (χ4n) is 1.22. The Bertz CT molecular complexity index is 451. The summed E-state index contributed by atoms with van der Waals surface area (Å²) in [6, 6.07) is 4.71. The first-order valence-corrected chi connectivity index (χ1v) is 4.96. The molecule has 0 atom stereocenters. The molecule has 0 spiro atoms. The Labute approximate surface area is 98.3 Å². The first-order valence-electron chi connectivity index (χ1n) is 4.58. The molecule has 0 heterocycles. The number of hydrogen-bond donors (Lipinski definition) is 0. The van der Waals surface area contributed by atoms with Gasteiger partial charge in [-0.15, -0.1) is 0 Å². The minimum atomic E-state index is -0.511. The van der Waals surface area contributed by atoms with Crippen molar-refractivity contribution in [1.82, 2.24) is 0 Å². The van der Waals surface area contributed by atoms with Crippen molar-refractivity contribution in [3.63, 3.8) is 0 Å². The summed E-state index contributed by atoms with van der Waals surface area (Å²) in [6.07, 6.45) is 0. The summed E-state index contributed by atoms with van der Waals surface area (Å²) in [5.74, 6) is -0.249. The summed E-state index contributed by atoms with van der Waals surface area (Å²) in [4.78, 5) is 11.4. The van der Waals surface area contributed by atoms with E-state index in [4.69, 9.17) is 26.3 Å². The van der Waals surface area contributed by atoms with E-state index in [1.54, 1.807) is 6.92 Å². The molecule has 0 aliphatic rings. The summed E-state index contributed by atoms with van der Waals surface area (Å²) < 4.78 is 9.76. The largest absolute Gasteiger partial charge is 0.494 e. The van der Waals surface area contributed by atoms with E-state index in [0.717, 1.165) is 0 Å². The minimum absolute atomic E-state index is 0.207. The van der Waals surface area contributed by atoms with Gasteiger partial charge >= 0.3 is 5.97 Å². The topological polar surface area (TPSA) is 59.3 Å².